The Labute approximate surface area is 176 Å². The first-order valence-corrected chi connectivity index (χ1v) is 10.3. The first-order valence-electron chi connectivity index (χ1n) is 10.3. The molecule has 1 aliphatic heterocycles. The zero-order chi connectivity index (χ0) is 21.0. The van der Waals surface area contributed by atoms with Gasteiger partial charge in [0, 0.05) is 6.42 Å². The zero-order valence-electron chi connectivity index (χ0n) is 17.3. The molecule has 0 bridgehead atoms. The predicted octanol–water partition coefficient (Wildman–Crippen LogP) is 6.34. The van der Waals surface area contributed by atoms with Gasteiger partial charge in [0.05, 0.1) is 11.5 Å². The summed E-state index contributed by atoms with van der Waals surface area (Å²) in [5, 5.41) is 0. The van der Waals surface area contributed by atoms with Crippen molar-refractivity contribution in [3.05, 3.63) is 106 Å². The lowest BCUT2D eigenvalue weighted by Gasteiger charge is -2.30. The Morgan fingerprint density at radius 1 is 0.967 bits per heavy atom. The largest absolute Gasteiger partial charge is 0.477 e. The molecule has 0 radical (unpaired) electrons. The van der Waals surface area contributed by atoms with Crippen LogP contribution in [-0.4, -0.2) is 11.4 Å². The van der Waals surface area contributed by atoms with E-state index < -0.39 is 5.60 Å². The van der Waals surface area contributed by atoms with Crippen LogP contribution in [0.15, 0.2) is 66.7 Å². The highest BCUT2D eigenvalue weighted by molar-refractivity contribution is 6.11. The molecule has 3 heteroatoms. The molecule has 1 aliphatic carbocycles. The third kappa shape index (κ3) is 2.65. The molecule has 3 aromatic carbocycles. The summed E-state index contributed by atoms with van der Waals surface area (Å²) in [5.74, 6) is 0.150. The van der Waals surface area contributed by atoms with E-state index in [-0.39, 0.29) is 17.5 Å². The van der Waals surface area contributed by atoms with Crippen LogP contribution in [0, 0.1) is 26.6 Å². The maximum absolute atomic E-state index is 13.9. The van der Waals surface area contributed by atoms with Crippen molar-refractivity contribution in [2.75, 3.05) is 0 Å². The van der Waals surface area contributed by atoms with Gasteiger partial charge in [-0.25, -0.2) is 4.39 Å². The first kappa shape index (κ1) is 18.8. The number of carbonyl (C=O) groups is 1. The van der Waals surface area contributed by atoms with Crippen molar-refractivity contribution in [2.45, 2.75) is 38.7 Å². The number of Topliss-reactive ketones (excluding diaryl/α,β-unsaturated/α-hetero) is 1. The number of ether oxygens (including phenoxy) is 1. The maximum atomic E-state index is 13.9. The SMILES string of the molecule is Cc1cc(C)c2c(c1C)O[C@]1(CC(c3ccccc3)=C[C@H]1c1ccc(F)cc1)C2=O. The summed E-state index contributed by atoms with van der Waals surface area (Å²) in [6.45, 7) is 6.02. The third-order valence-corrected chi connectivity index (χ3v) is 6.58. The molecule has 0 amide bonds. The van der Waals surface area contributed by atoms with Gasteiger partial charge in [-0.15, -0.1) is 0 Å². The molecular formula is C27H23FO2. The van der Waals surface area contributed by atoms with Crippen molar-refractivity contribution < 1.29 is 13.9 Å². The topological polar surface area (TPSA) is 26.3 Å². The molecular weight excluding hydrogens is 375 g/mol. The molecule has 0 unspecified atom stereocenters. The van der Waals surface area contributed by atoms with Crippen LogP contribution in [0.25, 0.3) is 5.57 Å². The number of carbonyl (C=O) groups excluding carboxylic acids is 1. The molecule has 2 atom stereocenters. The van der Waals surface area contributed by atoms with E-state index in [0.717, 1.165) is 33.4 Å². The molecule has 0 fully saturated rings. The molecule has 5 rings (SSSR count). The van der Waals surface area contributed by atoms with E-state index in [1.807, 2.05) is 39.0 Å². The van der Waals surface area contributed by atoms with Crippen LogP contribution in [0.5, 0.6) is 5.75 Å². The van der Waals surface area contributed by atoms with Crippen LogP contribution in [0.2, 0.25) is 0 Å². The Kier molecular flexibility index (Phi) is 4.18. The Hall–Kier alpha value is -3.20. The fourth-order valence-electron chi connectivity index (χ4n) is 4.90. The van der Waals surface area contributed by atoms with Gasteiger partial charge in [-0.3, -0.25) is 4.79 Å². The number of halogens is 1. The van der Waals surface area contributed by atoms with Gasteiger partial charge in [0.1, 0.15) is 11.6 Å². The van der Waals surface area contributed by atoms with Crippen molar-refractivity contribution in [3.8, 4) is 5.75 Å². The molecule has 0 saturated carbocycles. The van der Waals surface area contributed by atoms with Crippen LogP contribution < -0.4 is 4.74 Å². The fourth-order valence-corrected chi connectivity index (χ4v) is 4.90. The minimum absolute atomic E-state index is 0.0228. The molecule has 0 saturated heterocycles. The lowest BCUT2D eigenvalue weighted by atomic mass is 9.79. The van der Waals surface area contributed by atoms with Gasteiger partial charge in [-0.2, -0.15) is 0 Å². The van der Waals surface area contributed by atoms with Gasteiger partial charge in [-0.1, -0.05) is 54.6 Å². The maximum Gasteiger partial charge on any atom is 0.211 e. The number of rotatable bonds is 2. The van der Waals surface area contributed by atoms with Gasteiger partial charge in [0.25, 0.3) is 0 Å². The highest BCUT2D eigenvalue weighted by Gasteiger charge is 2.57. The molecule has 2 aliphatic rings. The molecule has 0 aromatic heterocycles. The summed E-state index contributed by atoms with van der Waals surface area (Å²) >= 11 is 0. The van der Waals surface area contributed by atoms with Crippen LogP contribution in [-0.2, 0) is 0 Å². The van der Waals surface area contributed by atoms with Gasteiger partial charge in [-0.05, 0) is 66.3 Å². The van der Waals surface area contributed by atoms with E-state index >= 15 is 0 Å². The second-order valence-electron chi connectivity index (χ2n) is 8.42. The Morgan fingerprint density at radius 2 is 1.67 bits per heavy atom. The van der Waals surface area contributed by atoms with E-state index in [0.29, 0.717) is 17.7 Å². The van der Waals surface area contributed by atoms with Crippen LogP contribution in [0.1, 0.15) is 50.5 Å². The predicted molar refractivity (Wildman–Crippen MR) is 117 cm³/mol. The van der Waals surface area contributed by atoms with Crippen molar-refractivity contribution in [3.63, 3.8) is 0 Å². The molecule has 30 heavy (non-hydrogen) atoms. The van der Waals surface area contributed by atoms with Gasteiger partial charge in [0.15, 0.2) is 5.60 Å². The van der Waals surface area contributed by atoms with Gasteiger partial charge < -0.3 is 4.74 Å². The van der Waals surface area contributed by atoms with Crippen molar-refractivity contribution in [1.29, 1.82) is 0 Å². The molecule has 2 nitrogen and oxygen atoms in total. The highest BCUT2D eigenvalue weighted by Crippen LogP contribution is 2.54. The summed E-state index contributed by atoms with van der Waals surface area (Å²) in [6, 6.07) is 18.6. The standard InChI is InChI=1S/C27H23FO2/c1-16-13-17(2)24-25(18(16)3)30-27(26(24)29)15-21(19-7-5-4-6-8-19)14-23(27)20-9-11-22(28)12-10-20/h4-14,23H,15H2,1-3H3/t23-,27-/m0/s1. The highest BCUT2D eigenvalue weighted by atomic mass is 19.1. The van der Waals surface area contributed by atoms with E-state index in [4.69, 9.17) is 4.74 Å². The second-order valence-corrected chi connectivity index (χ2v) is 8.42. The average molecular weight is 398 g/mol. The number of ketones is 1. The number of fused-ring (bicyclic) bond motifs is 1. The van der Waals surface area contributed by atoms with Gasteiger partial charge in [0.2, 0.25) is 5.78 Å². The van der Waals surface area contributed by atoms with Crippen molar-refractivity contribution in [1.82, 2.24) is 0 Å². The zero-order valence-corrected chi connectivity index (χ0v) is 17.3. The van der Waals surface area contributed by atoms with Gasteiger partial charge >= 0.3 is 0 Å². The monoisotopic (exact) mass is 398 g/mol. The fraction of sp³-hybridized carbons (Fsp3) is 0.222. The summed E-state index contributed by atoms with van der Waals surface area (Å²) in [4.78, 5) is 13.9. The third-order valence-electron chi connectivity index (χ3n) is 6.58. The number of hydrogen-bond acceptors (Lipinski definition) is 2. The van der Waals surface area contributed by atoms with Crippen LogP contribution in [0.3, 0.4) is 0 Å². The Bertz CT molecular complexity index is 1190. The lowest BCUT2D eigenvalue weighted by Crippen LogP contribution is -2.43. The molecule has 1 spiro atoms. The molecule has 3 aromatic rings. The number of benzene rings is 3. The minimum atomic E-state index is -1.03. The lowest BCUT2D eigenvalue weighted by molar-refractivity contribution is 0.0549. The summed E-state index contributed by atoms with van der Waals surface area (Å²) in [7, 11) is 0. The Balaban J connectivity index is 1.68. The normalized spacial score (nSPS) is 22.2. The van der Waals surface area contributed by atoms with Crippen molar-refractivity contribution >= 4 is 11.4 Å². The first-order chi connectivity index (χ1) is 14.4. The second kappa shape index (κ2) is 6.66. The summed E-state index contributed by atoms with van der Waals surface area (Å²) in [5.41, 5.74) is 5.77. The van der Waals surface area contributed by atoms with E-state index in [1.54, 1.807) is 12.1 Å². The number of aryl methyl sites for hydroxylation is 2. The van der Waals surface area contributed by atoms with Crippen LogP contribution in [0.4, 0.5) is 4.39 Å². The number of hydrogen-bond donors (Lipinski definition) is 0. The van der Waals surface area contributed by atoms with E-state index in [2.05, 4.69) is 24.3 Å². The summed E-state index contributed by atoms with van der Waals surface area (Å²) < 4.78 is 20.2. The smallest absolute Gasteiger partial charge is 0.211 e. The molecule has 0 N–H and O–H groups in total. The quantitative estimate of drug-likeness (QED) is 0.504. The Morgan fingerprint density at radius 3 is 2.37 bits per heavy atom. The van der Waals surface area contributed by atoms with E-state index in [1.165, 1.54) is 12.1 Å². The van der Waals surface area contributed by atoms with Crippen LogP contribution >= 0.6 is 0 Å². The molecule has 1 heterocycles. The molecule has 150 valence electrons. The van der Waals surface area contributed by atoms with E-state index in [9.17, 15) is 9.18 Å². The average Bonchev–Trinajstić information content (AvgIpc) is 3.27. The summed E-state index contributed by atoms with van der Waals surface area (Å²) in [6.07, 6.45) is 2.62. The minimum Gasteiger partial charge on any atom is -0.477 e. The van der Waals surface area contributed by atoms with Crippen molar-refractivity contribution in [2.24, 2.45) is 0 Å².